The molecule has 1 aliphatic carbocycles. The highest BCUT2D eigenvalue weighted by Gasteiger charge is 2.21. The van der Waals surface area contributed by atoms with E-state index in [9.17, 15) is 0 Å². The molecule has 2 heteroatoms. The van der Waals surface area contributed by atoms with Crippen LogP contribution in [0.4, 0.5) is 0 Å². The minimum atomic E-state index is 0.557. The summed E-state index contributed by atoms with van der Waals surface area (Å²) in [6.45, 7) is 4.19. The van der Waals surface area contributed by atoms with Gasteiger partial charge in [-0.3, -0.25) is 5.41 Å². The van der Waals surface area contributed by atoms with E-state index in [4.69, 9.17) is 10.8 Å². The summed E-state index contributed by atoms with van der Waals surface area (Å²) in [5.74, 6) is 0. The molecule has 2 aromatic rings. The Balaban J connectivity index is 2.29. The molecule has 100 valence electrons. The summed E-state index contributed by atoms with van der Waals surface area (Å²) in [4.78, 5) is 0. The number of fused-ring (bicyclic) bond motifs is 2. The Morgan fingerprint density at radius 2 is 1.55 bits per heavy atom. The van der Waals surface area contributed by atoms with E-state index < -0.39 is 0 Å². The topological polar surface area (TPSA) is 47.7 Å². The van der Waals surface area contributed by atoms with Crippen molar-refractivity contribution in [2.45, 2.75) is 26.7 Å². The minimum absolute atomic E-state index is 0.557. The van der Waals surface area contributed by atoms with Crippen LogP contribution in [0.15, 0.2) is 36.4 Å². The van der Waals surface area contributed by atoms with Crippen molar-refractivity contribution in [2.24, 2.45) is 0 Å². The van der Waals surface area contributed by atoms with Crippen molar-refractivity contribution in [3.05, 3.63) is 69.8 Å². The molecule has 0 radical (unpaired) electrons. The van der Waals surface area contributed by atoms with Crippen LogP contribution >= 0.6 is 0 Å². The Labute approximate surface area is 119 Å². The molecule has 0 amide bonds. The lowest BCUT2D eigenvalue weighted by Gasteiger charge is -2.21. The number of hydrogen-bond acceptors (Lipinski definition) is 2. The summed E-state index contributed by atoms with van der Waals surface area (Å²) in [5, 5.41) is 16.9. The zero-order valence-corrected chi connectivity index (χ0v) is 11.9. The molecule has 0 fully saturated rings. The molecule has 20 heavy (non-hydrogen) atoms. The molecule has 2 nitrogen and oxygen atoms in total. The van der Waals surface area contributed by atoms with Crippen molar-refractivity contribution in [2.75, 3.05) is 0 Å². The van der Waals surface area contributed by atoms with Crippen molar-refractivity contribution in [1.82, 2.24) is 0 Å². The summed E-state index contributed by atoms with van der Waals surface area (Å²) in [6, 6.07) is 12.1. The molecule has 0 atom stereocenters. The van der Waals surface area contributed by atoms with Crippen LogP contribution in [-0.2, 0) is 6.42 Å². The van der Waals surface area contributed by atoms with Gasteiger partial charge in [0.2, 0.25) is 0 Å². The fraction of sp³-hybridized carbons (Fsp3) is 0.222. The molecule has 0 aromatic heterocycles. The molecule has 0 bridgehead atoms. The average Bonchev–Trinajstić information content (AvgIpc) is 2.46. The molecule has 0 spiro atoms. The smallest absolute Gasteiger partial charge is 0.0696 e. The van der Waals surface area contributed by atoms with Crippen molar-refractivity contribution >= 4 is 11.4 Å². The molecular weight excluding hydrogens is 244 g/mol. The third kappa shape index (κ3) is 1.88. The van der Waals surface area contributed by atoms with E-state index >= 15 is 0 Å². The largest absolute Gasteiger partial charge is 0.305 e. The van der Waals surface area contributed by atoms with Gasteiger partial charge in [0.15, 0.2) is 0 Å². The second-order valence-electron chi connectivity index (χ2n) is 5.44. The van der Waals surface area contributed by atoms with Crippen LogP contribution in [-0.4, -0.2) is 11.4 Å². The second-order valence-corrected chi connectivity index (χ2v) is 5.44. The summed E-state index contributed by atoms with van der Waals surface area (Å²) in [5.41, 5.74) is 7.64. The van der Waals surface area contributed by atoms with Gasteiger partial charge < -0.3 is 5.41 Å². The Hall–Kier alpha value is -2.22. The quantitative estimate of drug-likeness (QED) is 0.720. The molecule has 3 rings (SSSR count). The second kappa shape index (κ2) is 4.71. The van der Waals surface area contributed by atoms with Gasteiger partial charge in [0.1, 0.15) is 0 Å². The van der Waals surface area contributed by atoms with E-state index in [1.54, 1.807) is 0 Å². The number of nitrogens with one attached hydrogen (secondary N) is 2. The number of rotatable bonds is 0. The van der Waals surface area contributed by atoms with E-state index in [0.29, 0.717) is 11.4 Å². The fourth-order valence-electron chi connectivity index (χ4n) is 2.92. The highest BCUT2D eigenvalue weighted by molar-refractivity contribution is 6.19. The summed E-state index contributed by atoms with van der Waals surface area (Å²) in [6.07, 6.45) is 1.58. The van der Waals surface area contributed by atoms with Gasteiger partial charge in [-0.1, -0.05) is 36.4 Å². The van der Waals surface area contributed by atoms with E-state index in [0.717, 1.165) is 29.5 Å². The molecule has 0 heterocycles. The van der Waals surface area contributed by atoms with Crippen molar-refractivity contribution in [3.63, 3.8) is 0 Å². The number of benzene rings is 2. The van der Waals surface area contributed by atoms with Gasteiger partial charge in [-0.05, 0) is 43.4 Å². The standard InChI is InChI=1S/C18H18N2/c1-11-7-8-13-9-10-16(19)14-5-3-4-6-15(14)18(20)17(13)12(11)2/h3-8,19-20H,9-10H2,1-2H3. The first-order valence-electron chi connectivity index (χ1n) is 6.95. The van der Waals surface area contributed by atoms with Crippen LogP contribution in [0, 0.1) is 24.7 Å². The summed E-state index contributed by atoms with van der Waals surface area (Å²) < 4.78 is 0. The van der Waals surface area contributed by atoms with E-state index in [-0.39, 0.29) is 0 Å². The normalized spacial score (nSPS) is 14.3. The first-order valence-corrected chi connectivity index (χ1v) is 6.95. The van der Waals surface area contributed by atoms with Crippen LogP contribution in [0.2, 0.25) is 0 Å². The monoisotopic (exact) mass is 262 g/mol. The van der Waals surface area contributed by atoms with Gasteiger partial charge in [-0.2, -0.15) is 0 Å². The Morgan fingerprint density at radius 3 is 2.30 bits per heavy atom. The summed E-state index contributed by atoms with van der Waals surface area (Å²) in [7, 11) is 0. The van der Waals surface area contributed by atoms with Gasteiger partial charge in [-0.15, -0.1) is 0 Å². The SMILES string of the molecule is Cc1ccc2c(c1C)C(=N)c1ccccc1C(=N)CC2. The van der Waals surface area contributed by atoms with E-state index in [1.807, 2.05) is 24.3 Å². The minimum Gasteiger partial charge on any atom is -0.305 e. The van der Waals surface area contributed by atoms with Crippen LogP contribution in [0.3, 0.4) is 0 Å². The highest BCUT2D eigenvalue weighted by Crippen LogP contribution is 2.27. The molecule has 0 saturated heterocycles. The van der Waals surface area contributed by atoms with E-state index in [1.165, 1.54) is 16.7 Å². The van der Waals surface area contributed by atoms with Crippen LogP contribution in [0.5, 0.6) is 0 Å². The lowest BCUT2D eigenvalue weighted by molar-refractivity contribution is 1.01. The first-order chi connectivity index (χ1) is 9.59. The Kier molecular flexibility index (Phi) is 3.01. The van der Waals surface area contributed by atoms with Crippen molar-refractivity contribution in [3.8, 4) is 0 Å². The lowest BCUT2D eigenvalue weighted by atomic mass is 9.83. The predicted octanol–water partition coefficient (Wildman–Crippen LogP) is 4.03. The van der Waals surface area contributed by atoms with Crippen molar-refractivity contribution < 1.29 is 0 Å². The fourth-order valence-corrected chi connectivity index (χ4v) is 2.92. The van der Waals surface area contributed by atoms with Gasteiger partial charge in [0, 0.05) is 22.4 Å². The third-order valence-corrected chi connectivity index (χ3v) is 4.24. The van der Waals surface area contributed by atoms with Crippen LogP contribution in [0.25, 0.3) is 0 Å². The average molecular weight is 262 g/mol. The molecular formula is C18H18N2. The maximum Gasteiger partial charge on any atom is 0.0696 e. The van der Waals surface area contributed by atoms with E-state index in [2.05, 4.69) is 26.0 Å². The summed E-state index contributed by atoms with van der Waals surface area (Å²) >= 11 is 0. The van der Waals surface area contributed by atoms with Gasteiger partial charge in [0.25, 0.3) is 0 Å². The van der Waals surface area contributed by atoms with Crippen LogP contribution in [0.1, 0.15) is 39.8 Å². The molecule has 2 aromatic carbocycles. The number of hydrogen-bond donors (Lipinski definition) is 2. The zero-order chi connectivity index (χ0) is 14.3. The van der Waals surface area contributed by atoms with Gasteiger partial charge in [0.05, 0.1) is 5.71 Å². The molecule has 0 aliphatic heterocycles. The van der Waals surface area contributed by atoms with Gasteiger partial charge >= 0.3 is 0 Å². The van der Waals surface area contributed by atoms with Crippen LogP contribution < -0.4 is 0 Å². The molecule has 1 aliphatic rings. The maximum atomic E-state index is 8.62. The van der Waals surface area contributed by atoms with Crippen molar-refractivity contribution in [1.29, 1.82) is 10.8 Å². The zero-order valence-electron chi connectivity index (χ0n) is 11.9. The maximum absolute atomic E-state index is 8.62. The highest BCUT2D eigenvalue weighted by atomic mass is 14.5. The molecule has 0 saturated carbocycles. The molecule has 0 unspecified atom stereocenters. The predicted molar refractivity (Wildman–Crippen MR) is 83.4 cm³/mol. The number of aryl methyl sites for hydroxylation is 2. The first kappa shape index (κ1) is 12.8. The Bertz CT molecular complexity index is 726. The van der Waals surface area contributed by atoms with Gasteiger partial charge in [-0.25, -0.2) is 0 Å². The molecule has 2 N–H and O–H groups in total. The third-order valence-electron chi connectivity index (χ3n) is 4.24. The lowest BCUT2D eigenvalue weighted by Crippen LogP contribution is -2.18. The Morgan fingerprint density at radius 1 is 0.850 bits per heavy atom.